The van der Waals surface area contributed by atoms with E-state index < -0.39 is 5.54 Å². The van der Waals surface area contributed by atoms with Crippen molar-refractivity contribution in [2.75, 3.05) is 0 Å². The van der Waals surface area contributed by atoms with Crippen LogP contribution in [0.15, 0.2) is 12.4 Å². The van der Waals surface area contributed by atoms with Crippen molar-refractivity contribution in [3.05, 3.63) is 29.6 Å². The summed E-state index contributed by atoms with van der Waals surface area (Å²) in [5.74, 6) is 1.31. The molecule has 2 aromatic rings. The van der Waals surface area contributed by atoms with E-state index in [1.54, 1.807) is 0 Å². The summed E-state index contributed by atoms with van der Waals surface area (Å²) >= 11 is 0. The third kappa shape index (κ3) is 2.44. The maximum Gasteiger partial charge on any atom is 0.272 e. The molecular formula is C16H22N6O. The molecule has 4 rings (SSSR count). The molecular weight excluding hydrogens is 292 g/mol. The van der Waals surface area contributed by atoms with Crippen LogP contribution in [0.5, 0.6) is 0 Å². The highest BCUT2D eigenvalue weighted by molar-refractivity contribution is 5.93. The third-order valence-corrected chi connectivity index (χ3v) is 5.27. The zero-order chi connectivity index (χ0) is 16.0. The number of amides is 1. The highest BCUT2D eigenvalue weighted by atomic mass is 16.2. The van der Waals surface area contributed by atoms with Crippen molar-refractivity contribution in [2.45, 2.75) is 57.5 Å². The van der Waals surface area contributed by atoms with Gasteiger partial charge in [-0.3, -0.25) is 14.6 Å². The zero-order valence-corrected chi connectivity index (χ0v) is 13.5. The molecule has 1 unspecified atom stereocenters. The summed E-state index contributed by atoms with van der Waals surface area (Å²) in [5.41, 5.74) is 1.12. The fourth-order valence-corrected chi connectivity index (χ4v) is 3.46. The highest BCUT2D eigenvalue weighted by Gasteiger charge is 2.43. The first kappa shape index (κ1) is 14.4. The number of hydrogen-bond donors (Lipinski definition) is 2. The molecule has 2 saturated carbocycles. The van der Waals surface area contributed by atoms with Crippen LogP contribution in [0.1, 0.15) is 67.1 Å². The van der Waals surface area contributed by atoms with E-state index in [1.807, 2.05) is 17.7 Å². The quantitative estimate of drug-likeness (QED) is 0.884. The van der Waals surface area contributed by atoms with Gasteiger partial charge in [-0.05, 0) is 57.9 Å². The highest BCUT2D eigenvalue weighted by Crippen LogP contribution is 2.40. The maximum absolute atomic E-state index is 12.7. The molecule has 2 heterocycles. The van der Waals surface area contributed by atoms with Crippen molar-refractivity contribution in [2.24, 2.45) is 5.92 Å². The SMILES string of the molecule is Cc1cc(C(=O)NC2(c3ncn[nH]3)CCC2)nn1C(C)C1CC1. The first-order chi connectivity index (χ1) is 11.1. The molecule has 0 saturated heterocycles. The number of carbonyl (C=O) groups excluding carboxylic acids is 1. The van der Waals surface area contributed by atoms with Gasteiger partial charge in [-0.15, -0.1) is 0 Å². The van der Waals surface area contributed by atoms with E-state index in [2.05, 4.69) is 32.5 Å². The second kappa shape index (κ2) is 5.18. The smallest absolute Gasteiger partial charge is 0.272 e. The summed E-state index contributed by atoms with van der Waals surface area (Å²) in [6, 6.07) is 2.24. The number of hydrogen-bond acceptors (Lipinski definition) is 4. The van der Waals surface area contributed by atoms with Crippen LogP contribution in [0, 0.1) is 12.8 Å². The molecule has 2 fully saturated rings. The lowest BCUT2D eigenvalue weighted by Crippen LogP contribution is -2.51. The molecule has 0 aromatic carbocycles. The van der Waals surface area contributed by atoms with Gasteiger partial charge in [0.05, 0.1) is 11.6 Å². The molecule has 23 heavy (non-hydrogen) atoms. The summed E-state index contributed by atoms with van der Waals surface area (Å²) in [6.07, 6.45) is 6.84. The topological polar surface area (TPSA) is 88.5 Å². The molecule has 2 aromatic heterocycles. The minimum atomic E-state index is -0.409. The van der Waals surface area contributed by atoms with E-state index >= 15 is 0 Å². The van der Waals surface area contributed by atoms with Gasteiger partial charge in [-0.2, -0.15) is 10.2 Å². The standard InChI is InChI=1S/C16H22N6O/c1-10-8-13(21-22(10)11(2)12-4-5-12)14(23)19-16(6-3-7-16)15-17-9-18-20-15/h8-9,11-12H,3-7H2,1-2H3,(H,19,23)(H,17,18,20). The van der Waals surface area contributed by atoms with Crippen LogP contribution >= 0.6 is 0 Å². The molecule has 2 aliphatic carbocycles. The predicted molar refractivity (Wildman–Crippen MR) is 83.8 cm³/mol. The van der Waals surface area contributed by atoms with E-state index in [0.717, 1.165) is 30.8 Å². The minimum absolute atomic E-state index is 0.133. The number of aromatic amines is 1. The molecule has 1 amide bonds. The summed E-state index contributed by atoms with van der Waals surface area (Å²) in [6.45, 7) is 4.19. The number of nitrogens with one attached hydrogen (secondary N) is 2. The van der Waals surface area contributed by atoms with Crippen LogP contribution in [0.25, 0.3) is 0 Å². The Balaban J connectivity index is 1.54. The van der Waals surface area contributed by atoms with Crippen molar-refractivity contribution in [3.8, 4) is 0 Å². The Kier molecular flexibility index (Phi) is 3.25. The lowest BCUT2D eigenvalue weighted by atomic mass is 9.76. The fourth-order valence-electron chi connectivity index (χ4n) is 3.46. The van der Waals surface area contributed by atoms with Crippen molar-refractivity contribution in [3.63, 3.8) is 0 Å². The van der Waals surface area contributed by atoms with Gasteiger partial charge in [0.1, 0.15) is 17.8 Å². The van der Waals surface area contributed by atoms with Crippen LogP contribution in [0.3, 0.4) is 0 Å². The van der Waals surface area contributed by atoms with Gasteiger partial charge in [-0.25, -0.2) is 4.98 Å². The Morgan fingerprint density at radius 1 is 1.48 bits per heavy atom. The van der Waals surface area contributed by atoms with Gasteiger partial charge in [0.2, 0.25) is 0 Å². The van der Waals surface area contributed by atoms with E-state index in [4.69, 9.17) is 0 Å². The first-order valence-corrected chi connectivity index (χ1v) is 8.33. The second-order valence-electron chi connectivity index (χ2n) is 6.92. The normalized spacial score (nSPS) is 20.8. The van der Waals surface area contributed by atoms with Gasteiger partial charge in [0.15, 0.2) is 0 Å². The van der Waals surface area contributed by atoms with Crippen LogP contribution in [0.4, 0.5) is 0 Å². The largest absolute Gasteiger partial charge is 0.338 e. The number of rotatable bonds is 5. The molecule has 0 bridgehead atoms. The van der Waals surface area contributed by atoms with Crippen LogP contribution in [0.2, 0.25) is 0 Å². The molecule has 122 valence electrons. The molecule has 7 heteroatoms. The van der Waals surface area contributed by atoms with Crippen LogP contribution in [-0.2, 0) is 5.54 Å². The number of nitrogens with zero attached hydrogens (tertiary/aromatic N) is 4. The second-order valence-corrected chi connectivity index (χ2v) is 6.92. The summed E-state index contributed by atoms with van der Waals surface area (Å²) in [4.78, 5) is 16.9. The van der Waals surface area contributed by atoms with Crippen molar-refractivity contribution < 1.29 is 4.79 Å². The number of aryl methyl sites for hydroxylation is 1. The molecule has 1 atom stereocenters. The summed E-state index contributed by atoms with van der Waals surface area (Å²) in [7, 11) is 0. The van der Waals surface area contributed by atoms with Gasteiger partial charge in [0.25, 0.3) is 5.91 Å². The molecule has 7 nitrogen and oxygen atoms in total. The average molecular weight is 314 g/mol. The third-order valence-electron chi connectivity index (χ3n) is 5.27. The Hall–Kier alpha value is -2.18. The monoisotopic (exact) mass is 314 g/mol. The Morgan fingerprint density at radius 3 is 2.83 bits per heavy atom. The Morgan fingerprint density at radius 2 is 2.26 bits per heavy atom. The lowest BCUT2D eigenvalue weighted by molar-refractivity contribution is 0.0803. The summed E-state index contributed by atoms with van der Waals surface area (Å²) < 4.78 is 1.99. The molecule has 2 aliphatic rings. The van der Waals surface area contributed by atoms with E-state index in [9.17, 15) is 4.79 Å². The Labute approximate surface area is 134 Å². The average Bonchev–Trinajstić information content (AvgIpc) is 3.05. The number of aromatic nitrogens is 5. The van der Waals surface area contributed by atoms with Crippen molar-refractivity contribution in [1.82, 2.24) is 30.3 Å². The molecule has 0 aliphatic heterocycles. The van der Waals surface area contributed by atoms with Crippen molar-refractivity contribution in [1.29, 1.82) is 0 Å². The zero-order valence-electron chi connectivity index (χ0n) is 13.5. The van der Waals surface area contributed by atoms with Crippen LogP contribution < -0.4 is 5.32 Å². The lowest BCUT2D eigenvalue weighted by Gasteiger charge is -2.40. The Bertz CT molecular complexity index is 711. The fraction of sp³-hybridized carbons (Fsp3) is 0.625. The molecule has 0 radical (unpaired) electrons. The number of H-pyrrole nitrogens is 1. The molecule has 0 spiro atoms. The van der Waals surface area contributed by atoms with E-state index in [1.165, 1.54) is 19.2 Å². The summed E-state index contributed by atoms with van der Waals surface area (Å²) in [5, 5.41) is 14.5. The van der Waals surface area contributed by atoms with Gasteiger partial charge >= 0.3 is 0 Å². The van der Waals surface area contributed by atoms with E-state index in [0.29, 0.717) is 17.7 Å². The number of carbonyl (C=O) groups is 1. The van der Waals surface area contributed by atoms with Gasteiger partial charge in [0, 0.05) is 5.69 Å². The van der Waals surface area contributed by atoms with Crippen molar-refractivity contribution >= 4 is 5.91 Å². The predicted octanol–water partition coefficient (Wildman–Crippen LogP) is 2.09. The van der Waals surface area contributed by atoms with Crippen LogP contribution in [-0.4, -0.2) is 30.9 Å². The van der Waals surface area contributed by atoms with Gasteiger partial charge in [-0.1, -0.05) is 0 Å². The minimum Gasteiger partial charge on any atom is -0.338 e. The maximum atomic E-state index is 12.7. The molecule has 2 N–H and O–H groups in total. The van der Waals surface area contributed by atoms with Gasteiger partial charge < -0.3 is 5.32 Å². The van der Waals surface area contributed by atoms with E-state index in [-0.39, 0.29) is 5.91 Å². The first-order valence-electron chi connectivity index (χ1n) is 8.33.